The number of hydrogen-bond acceptors (Lipinski definition) is 1. The van der Waals surface area contributed by atoms with Gasteiger partial charge in [-0.3, -0.25) is 0 Å². The van der Waals surface area contributed by atoms with Gasteiger partial charge in [0.1, 0.15) is 0 Å². The van der Waals surface area contributed by atoms with E-state index in [1.807, 2.05) is 0 Å². The van der Waals surface area contributed by atoms with Crippen molar-refractivity contribution in [3.8, 4) is 0 Å². The van der Waals surface area contributed by atoms with Gasteiger partial charge in [0, 0.05) is 9.97 Å². The molecule has 1 N–H and O–H groups in total. The van der Waals surface area contributed by atoms with Crippen LogP contribution in [0.4, 0.5) is 0 Å². The van der Waals surface area contributed by atoms with Gasteiger partial charge >= 0.3 is 0 Å². The summed E-state index contributed by atoms with van der Waals surface area (Å²) >= 11 is 2.58. The van der Waals surface area contributed by atoms with Gasteiger partial charge in [-0.05, 0) is 38.6 Å². The third kappa shape index (κ3) is 2.90. The molecule has 1 rings (SSSR count). The zero-order valence-electron chi connectivity index (χ0n) is 7.44. The van der Waals surface area contributed by atoms with Crippen LogP contribution in [-0.2, 0) is 0 Å². The van der Waals surface area contributed by atoms with Crippen LogP contribution in [0.3, 0.4) is 0 Å². The maximum Gasteiger partial charge on any atom is 0.0113 e. The Labute approximate surface area is 83.5 Å². The third-order valence-corrected chi connectivity index (χ3v) is 3.77. The van der Waals surface area contributed by atoms with Crippen LogP contribution in [0.15, 0.2) is 0 Å². The Kier molecular flexibility index (Phi) is 4.13. The zero-order valence-corrected chi connectivity index (χ0v) is 9.60. The molecule has 1 fully saturated rings. The highest BCUT2D eigenvalue weighted by atomic mass is 127. The molecule has 0 aromatic carbocycles. The molecule has 0 radical (unpaired) electrons. The van der Waals surface area contributed by atoms with E-state index in [0.29, 0.717) is 0 Å². The van der Waals surface area contributed by atoms with Gasteiger partial charge in [-0.1, -0.05) is 29.5 Å². The molecule has 1 nitrogen and oxygen atoms in total. The van der Waals surface area contributed by atoms with E-state index in [4.69, 9.17) is 0 Å². The predicted molar refractivity (Wildman–Crippen MR) is 58.3 cm³/mol. The molecule has 0 aliphatic heterocycles. The lowest BCUT2D eigenvalue weighted by atomic mass is 10.00. The van der Waals surface area contributed by atoms with Crippen LogP contribution < -0.4 is 5.32 Å². The standard InChI is InChI=1S/C9H18IN/c1-3-11-7(2)8-4-5-9(10)6-8/h7-9,11H,3-6H2,1-2H3. The fourth-order valence-corrected chi connectivity index (χ4v) is 2.91. The van der Waals surface area contributed by atoms with E-state index in [2.05, 4.69) is 41.8 Å². The van der Waals surface area contributed by atoms with E-state index in [1.54, 1.807) is 0 Å². The molecular weight excluding hydrogens is 249 g/mol. The number of halogens is 1. The monoisotopic (exact) mass is 267 g/mol. The highest BCUT2D eigenvalue weighted by molar-refractivity contribution is 14.1. The number of rotatable bonds is 3. The van der Waals surface area contributed by atoms with Crippen molar-refractivity contribution in [2.24, 2.45) is 5.92 Å². The second kappa shape index (κ2) is 4.65. The molecule has 0 spiro atoms. The van der Waals surface area contributed by atoms with Crippen LogP contribution in [-0.4, -0.2) is 16.5 Å². The zero-order chi connectivity index (χ0) is 8.27. The minimum atomic E-state index is 0.736. The minimum absolute atomic E-state index is 0.736. The Balaban J connectivity index is 2.25. The van der Waals surface area contributed by atoms with E-state index >= 15 is 0 Å². The summed E-state index contributed by atoms with van der Waals surface area (Å²) in [7, 11) is 0. The van der Waals surface area contributed by atoms with Crippen molar-refractivity contribution < 1.29 is 0 Å². The quantitative estimate of drug-likeness (QED) is 0.612. The first-order valence-electron chi connectivity index (χ1n) is 4.61. The SMILES string of the molecule is CCNC(C)C1CCC(I)C1. The molecule has 1 saturated carbocycles. The van der Waals surface area contributed by atoms with Gasteiger partial charge < -0.3 is 5.32 Å². The smallest absolute Gasteiger partial charge is 0.0113 e. The number of nitrogens with one attached hydrogen (secondary N) is 1. The van der Waals surface area contributed by atoms with Crippen molar-refractivity contribution in [2.75, 3.05) is 6.54 Å². The molecule has 0 amide bonds. The van der Waals surface area contributed by atoms with E-state index < -0.39 is 0 Å². The molecule has 2 heteroatoms. The third-order valence-electron chi connectivity index (χ3n) is 2.64. The maximum absolute atomic E-state index is 3.50. The van der Waals surface area contributed by atoms with Gasteiger partial charge in [0.2, 0.25) is 0 Å². The molecule has 3 unspecified atom stereocenters. The summed E-state index contributed by atoms with van der Waals surface area (Å²) in [5.41, 5.74) is 0. The predicted octanol–water partition coefficient (Wildman–Crippen LogP) is 2.59. The first-order valence-corrected chi connectivity index (χ1v) is 5.86. The Morgan fingerprint density at radius 2 is 2.27 bits per heavy atom. The number of hydrogen-bond donors (Lipinski definition) is 1. The molecule has 1 aliphatic rings. The Hall–Kier alpha value is 0.690. The molecule has 0 saturated heterocycles. The van der Waals surface area contributed by atoms with Gasteiger partial charge in [-0.25, -0.2) is 0 Å². The van der Waals surface area contributed by atoms with Crippen LogP contribution in [0, 0.1) is 5.92 Å². The van der Waals surface area contributed by atoms with Gasteiger partial charge in [-0.2, -0.15) is 0 Å². The first kappa shape index (κ1) is 9.78. The minimum Gasteiger partial charge on any atom is -0.314 e. The lowest BCUT2D eigenvalue weighted by Gasteiger charge is -2.19. The lowest BCUT2D eigenvalue weighted by molar-refractivity contribution is 0.390. The van der Waals surface area contributed by atoms with E-state index in [9.17, 15) is 0 Å². The van der Waals surface area contributed by atoms with Crippen LogP contribution in [0.1, 0.15) is 33.1 Å². The second-order valence-electron chi connectivity index (χ2n) is 3.52. The molecule has 0 bridgehead atoms. The average Bonchev–Trinajstić information content (AvgIpc) is 2.36. The normalized spacial score (nSPS) is 34.1. The van der Waals surface area contributed by atoms with Crippen molar-refractivity contribution >= 4 is 22.6 Å². The Bertz CT molecular complexity index is 116. The van der Waals surface area contributed by atoms with Crippen molar-refractivity contribution in [1.82, 2.24) is 5.32 Å². The van der Waals surface area contributed by atoms with Gasteiger partial charge in [0.25, 0.3) is 0 Å². The van der Waals surface area contributed by atoms with Crippen LogP contribution in [0.25, 0.3) is 0 Å². The summed E-state index contributed by atoms with van der Waals surface area (Å²) in [5.74, 6) is 0.942. The van der Waals surface area contributed by atoms with Gasteiger partial charge in [0.15, 0.2) is 0 Å². The van der Waals surface area contributed by atoms with Crippen molar-refractivity contribution in [2.45, 2.75) is 43.1 Å². The summed E-state index contributed by atoms with van der Waals surface area (Å²) in [6.45, 7) is 5.62. The first-order chi connectivity index (χ1) is 5.24. The Morgan fingerprint density at radius 3 is 2.73 bits per heavy atom. The van der Waals surface area contributed by atoms with Crippen LogP contribution >= 0.6 is 22.6 Å². The van der Waals surface area contributed by atoms with Crippen LogP contribution in [0.2, 0.25) is 0 Å². The molecule has 66 valence electrons. The molecule has 0 aromatic heterocycles. The fourth-order valence-electron chi connectivity index (χ4n) is 1.90. The molecule has 0 heterocycles. The van der Waals surface area contributed by atoms with Crippen molar-refractivity contribution in [3.63, 3.8) is 0 Å². The van der Waals surface area contributed by atoms with Crippen molar-refractivity contribution in [1.29, 1.82) is 0 Å². The fraction of sp³-hybridized carbons (Fsp3) is 1.00. The summed E-state index contributed by atoms with van der Waals surface area (Å²) < 4.78 is 0.943. The molecule has 0 aromatic rings. The molecule has 11 heavy (non-hydrogen) atoms. The van der Waals surface area contributed by atoms with Crippen molar-refractivity contribution in [3.05, 3.63) is 0 Å². The highest BCUT2D eigenvalue weighted by Gasteiger charge is 2.26. The molecule has 1 aliphatic carbocycles. The summed E-state index contributed by atoms with van der Waals surface area (Å²) in [5, 5.41) is 3.50. The second-order valence-corrected chi connectivity index (χ2v) is 5.28. The number of alkyl halides is 1. The summed E-state index contributed by atoms with van der Waals surface area (Å²) in [6.07, 6.45) is 4.29. The molecule has 3 atom stereocenters. The van der Waals surface area contributed by atoms with Crippen LogP contribution in [0.5, 0.6) is 0 Å². The van der Waals surface area contributed by atoms with Gasteiger partial charge in [-0.15, -0.1) is 0 Å². The average molecular weight is 267 g/mol. The van der Waals surface area contributed by atoms with Gasteiger partial charge in [0.05, 0.1) is 0 Å². The lowest BCUT2D eigenvalue weighted by Crippen LogP contribution is -2.32. The van der Waals surface area contributed by atoms with E-state index in [1.165, 1.54) is 19.3 Å². The highest BCUT2D eigenvalue weighted by Crippen LogP contribution is 2.32. The largest absolute Gasteiger partial charge is 0.314 e. The topological polar surface area (TPSA) is 12.0 Å². The van der Waals surface area contributed by atoms with E-state index in [0.717, 1.165) is 22.4 Å². The summed E-state index contributed by atoms with van der Waals surface area (Å²) in [6, 6.07) is 0.736. The molecular formula is C9H18IN. The summed E-state index contributed by atoms with van der Waals surface area (Å²) in [4.78, 5) is 0. The van der Waals surface area contributed by atoms with E-state index in [-0.39, 0.29) is 0 Å². The maximum atomic E-state index is 3.50. The Morgan fingerprint density at radius 1 is 1.55 bits per heavy atom.